The van der Waals surface area contributed by atoms with Crippen LogP contribution in [0.1, 0.15) is 0 Å². The van der Waals surface area contributed by atoms with E-state index in [4.69, 9.17) is 18.9 Å². The Kier molecular flexibility index (Phi) is 5.12. The van der Waals surface area contributed by atoms with Gasteiger partial charge in [0.15, 0.2) is 0 Å². The lowest BCUT2D eigenvalue weighted by molar-refractivity contribution is 0.394. The molecule has 0 aliphatic rings. The van der Waals surface area contributed by atoms with Crippen molar-refractivity contribution in [3.63, 3.8) is 0 Å². The Morgan fingerprint density at radius 3 is 0.962 bits per heavy atom. The third kappa shape index (κ3) is 3.64. The molecule has 0 spiro atoms. The molecule has 8 nitrogen and oxygen atoms in total. The SMILES string of the molecule is COc1cc(OC)cc(-c2nnc(-c3cc(OC)cc(OC)c3)nn2)c1. The van der Waals surface area contributed by atoms with Crippen molar-refractivity contribution in [2.45, 2.75) is 0 Å². The first-order valence-electron chi connectivity index (χ1n) is 7.71. The second-order valence-corrected chi connectivity index (χ2v) is 5.25. The van der Waals surface area contributed by atoms with Crippen LogP contribution in [0, 0.1) is 0 Å². The minimum absolute atomic E-state index is 0.362. The Hall–Kier alpha value is -3.42. The molecule has 0 saturated carbocycles. The van der Waals surface area contributed by atoms with Crippen LogP contribution in [0.25, 0.3) is 22.8 Å². The predicted molar refractivity (Wildman–Crippen MR) is 94.7 cm³/mol. The first-order chi connectivity index (χ1) is 12.7. The van der Waals surface area contributed by atoms with Gasteiger partial charge in [0, 0.05) is 23.3 Å². The Bertz CT molecular complexity index is 781. The van der Waals surface area contributed by atoms with E-state index in [-0.39, 0.29) is 0 Å². The van der Waals surface area contributed by atoms with Crippen LogP contribution < -0.4 is 18.9 Å². The minimum atomic E-state index is 0.362. The summed E-state index contributed by atoms with van der Waals surface area (Å²) in [4.78, 5) is 0. The molecule has 134 valence electrons. The van der Waals surface area contributed by atoms with E-state index in [0.717, 1.165) is 0 Å². The van der Waals surface area contributed by atoms with Crippen molar-refractivity contribution in [1.82, 2.24) is 20.4 Å². The number of rotatable bonds is 6. The van der Waals surface area contributed by atoms with Crippen LogP contribution in [0.3, 0.4) is 0 Å². The van der Waals surface area contributed by atoms with Gasteiger partial charge in [0.25, 0.3) is 0 Å². The highest BCUT2D eigenvalue weighted by molar-refractivity contribution is 5.62. The van der Waals surface area contributed by atoms with E-state index in [2.05, 4.69) is 20.4 Å². The number of hydrogen-bond donors (Lipinski definition) is 0. The third-order valence-electron chi connectivity index (χ3n) is 3.70. The number of nitrogens with zero attached hydrogens (tertiary/aromatic N) is 4. The number of methoxy groups -OCH3 is 4. The van der Waals surface area contributed by atoms with Gasteiger partial charge >= 0.3 is 0 Å². The molecule has 3 rings (SSSR count). The second-order valence-electron chi connectivity index (χ2n) is 5.25. The van der Waals surface area contributed by atoms with Crippen molar-refractivity contribution in [2.75, 3.05) is 28.4 Å². The quantitative estimate of drug-likeness (QED) is 0.667. The molecule has 3 aromatic rings. The average Bonchev–Trinajstić information content (AvgIpc) is 2.72. The number of hydrogen-bond acceptors (Lipinski definition) is 8. The monoisotopic (exact) mass is 354 g/mol. The van der Waals surface area contributed by atoms with E-state index in [1.165, 1.54) is 0 Å². The summed E-state index contributed by atoms with van der Waals surface area (Å²) in [6, 6.07) is 10.7. The van der Waals surface area contributed by atoms with Crippen LogP contribution in [-0.2, 0) is 0 Å². The summed E-state index contributed by atoms with van der Waals surface area (Å²) < 4.78 is 21.0. The van der Waals surface area contributed by atoms with Gasteiger partial charge in [0.05, 0.1) is 28.4 Å². The molecular weight excluding hydrogens is 336 g/mol. The van der Waals surface area contributed by atoms with E-state index in [0.29, 0.717) is 45.8 Å². The fourth-order valence-corrected chi connectivity index (χ4v) is 2.33. The molecule has 0 fully saturated rings. The second kappa shape index (κ2) is 7.64. The molecule has 0 saturated heterocycles. The topological polar surface area (TPSA) is 88.5 Å². The largest absolute Gasteiger partial charge is 0.497 e. The van der Waals surface area contributed by atoms with Gasteiger partial charge in [-0.15, -0.1) is 20.4 Å². The summed E-state index contributed by atoms with van der Waals surface area (Å²) in [6.45, 7) is 0. The van der Waals surface area contributed by atoms with E-state index in [1.54, 1.807) is 64.8 Å². The molecule has 0 bridgehead atoms. The van der Waals surface area contributed by atoms with E-state index < -0.39 is 0 Å². The maximum Gasteiger partial charge on any atom is 0.203 e. The Morgan fingerprint density at radius 1 is 0.462 bits per heavy atom. The van der Waals surface area contributed by atoms with Gasteiger partial charge in [0.2, 0.25) is 11.6 Å². The van der Waals surface area contributed by atoms with E-state index in [9.17, 15) is 0 Å². The van der Waals surface area contributed by atoms with Crippen LogP contribution in [0.5, 0.6) is 23.0 Å². The maximum absolute atomic E-state index is 5.26. The number of ether oxygens (including phenoxy) is 4. The van der Waals surface area contributed by atoms with Crippen LogP contribution >= 0.6 is 0 Å². The molecule has 0 aliphatic heterocycles. The zero-order chi connectivity index (χ0) is 18.5. The summed E-state index contributed by atoms with van der Waals surface area (Å²) in [5, 5.41) is 16.7. The highest BCUT2D eigenvalue weighted by atomic mass is 16.5. The molecule has 2 aromatic carbocycles. The predicted octanol–water partition coefficient (Wildman–Crippen LogP) is 2.64. The summed E-state index contributed by atoms with van der Waals surface area (Å²) in [7, 11) is 6.31. The van der Waals surface area contributed by atoms with Crippen LogP contribution in [0.4, 0.5) is 0 Å². The molecule has 1 heterocycles. The van der Waals surface area contributed by atoms with Gasteiger partial charge in [-0.25, -0.2) is 0 Å². The van der Waals surface area contributed by atoms with Crippen molar-refractivity contribution in [2.24, 2.45) is 0 Å². The van der Waals surface area contributed by atoms with Gasteiger partial charge in [-0.2, -0.15) is 0 Å². The highest BCUT2D eigenvalue weighted by Crippen LogP contribution is 2.29. The molecule has 0 atom stereocenters. The lowest BCUT2D eigenvalue weighted by Gasteiger charge is -2.08. The minimum Gasteiger partial charge on any atom is -0.497 e. The fourth-order valence-electron chi connectivity index (χ4n) is 2.33. The Balaban J connectivity index is 1.97. The molecule has 0 unspecified atom stereocenters. The molecule has 8 heteroatoms. The highest BCUT2D eigenvalue weighted by Gasteiger charge is 2.11. The smallest absolute Gasteiger partial charge is 0.203 e. The van der Waals surface area contributed by atoms with Crippen molar-refractivity contribution in [3.8, 4) is 45.8 Å². The van der Waals surface area contributed by atoms with Crippen molar-refractivity contribution in [3.05, 3.63) is 36.4 Å². The van der Waals surface area contributed by atoms with Gasteiger partial charge in [-0.1, -0.05) is 0 Å². The van der Waals surface area contributed by atoms with Crippen molar-refractivity contribution >= 4 is 0 Å². The third-order valence-corrected chi connectivity index (χ3v) is 3.70. The standard InChI is InChI=1S/C18H18N4O4/c1-23-13-5-11(6-14(9-13)24-2)17-19-21-18(22-20-17)12-7-15(25-3)10-16(8-12)26-4/h5-10H,1-4H3. The summed E-state index contributed by atoms with van der Waals surface area (Å²) in [5.74, 6) is 3.24. The van der Waals surface area contributed by atoms with Gasteiger partial charge < -0.3 is 18.9 Å². The molecule has 0 aliphatic carbocycles. The van der Waals surface area contributed by atoms with Crippen molar-refractivity contribution < 1.29 is 18.9 Å². The zero-order valence-corrected chi connectivity index (χ0v) is 14.9. The molecule has 0 radical (unpaired) electrons. The summed E-state index contributed by atoms with van der Waals surface area (Å²) in [6.07, 6.45) is 0. The summed E-state index contributed by atoms with van der Waals surface area (Å²) >= 11 is 0. The lowest BCUT2D eigenvalue weighted by atomic mass is 10.2. The van der Waals surface area contributed by atoms with Gasteiger partial charge in [-0.05, 0) is 24.3 Å². The normalized spacial score (nSPS) is 10.3. The summed E-state index contributed by atoms with van der Waals surface area (Å²) in [5.41, 5.74) is 1.38. The molecule has 0 N–H and O–H groups in total. The van der Waals surface area contributed by atoms with Gasteiger partial charge in [0.1, 0.15) is 23.0 Å². The molecular formula is C18H18N4O4. The van der Waals surface area contributed by atoms with Crippen LogP contribution in [0.2, 0.25) is 0 Å². The van der Waals surface area contributed by atoms with Crippen molar-refractivity contribution in [1.29, 1.82) is 0 Å². The average molecular weight is 354 g/mol. The molecule has 1 aromatic heterocycles. The van der Waals surface area contributed by atoms with Gasteiger partial charge in [-0.3, -0.25) is 0 Å². The van der Waals surface area contributed by atoms with Crippen LogP contribution in [0.15, 0.2) is 36.4 Å². The first-order valence-corrected chi connectivity index (χ1v) is 7.71. The zero-order valence-electron chi connectivity index (χ0n) is 14.9. The fraction of sp³-hybridized carbons (Fsp3) is 0.222. The number of benzene rings is 2. The molecule has 0 amide bonds. The maximum atomic E-state index is 5.26. The van der Waals surface area contributed by atoms with Crippen LogP contribution in [-0.4, -0.2) is 48.8 Å². The van der Waals surface area contributed by atoms with E-state index in [1.807, 2.05) is 0 Å². The Labute approximate surface area is 150 Å². The Morgan fingerprint density at radius 2 is 0.731 bits per heavy atom. The lowest BCUT2D eigenvalue weighted by Crippen LogP contribution is -2.00. The molecule has 26 heavy (non-hydrogen) atoms. The first kappa shape index (κ1) is 17.4. The van der Waals surface area contributed by atoms with E-state index >= 15 is 0 Å². The number of aromatic nitrogens is 4.